The first-order valence-corrected chi connectivity index (χ1v) is 7.62. The van der Waals surface area contributed by atoms with Gasteiger partial charge < -0.3 is 10.2 Å². The molecule has 0 saturated carbocycles. The minimum absolute atomic E-state index is 0.0560. The largest absolute Gasteiger partial charge is 0.341 e. The molecule has 3 rings (SSSR count). The Balaban J connectivity index is 1.56. The van der Waals surface area contributed by atoms with Crippen molar-refractivity contribution in [2.75, 3.05) is 23.3 Å². The van der Waals surface area contributed by atoms with E-state index in [0.717, 1.165) is 43.1 Å². The Morgan fingerprint density at radius 3 is 2.59 bits per heavy atom. The highest BCUT2D eigenvalue weighted by Gasteiger charge is 2.26. The number of amides is 1. The summed E-state index contributed by atoms with van der Waals surface area (Å²) >= 11 is 0. The Bertz CT molecular complexity index is 636. The maximum atomic E-state index is 12.4. The topological polar surface area (TPSA) is 58.1 Å². The van der Waals surface area contributed by atoms with E-state index in [1.807, 2.05) is 37.3 Å². The second-order valence-electron chi connectivity index (χ2n) is 5.67. The molecular formula is C17H20N4O. The number of nitrogens with zero attached hydrogens (tertiary/aromatic N) is 3. The number of rotatable bonds is 3. The molecule has 0 aliphatic carbocycles. The summed E-state index contributed by atoms with van der Waals surface area (Å²) in [6.07, 6.45) is 5.16. The predicted octanol–water partition coefficient (Wildman–Crippen LogP) is 2.64. The van der Waals surface area contributed by atoms with Gasteiger partial charge in [0.05, 0.1) is 0 Å². The standard InChI is InChI=1S/C17H20N4O/c1-13-4-2-5-15(12-13)20-16(22)14-6-10-21(11-7-14)17-18-8-3-9-19-17/h2-5,8-9,12,14H,6-7,10-11H2,1H3,(H,20,22). The van der Waals surface area contributed by atoms with Crippen LogP contribution < -0.4 is 10.2 Å². The molecule has 5 heteroatoms. The first kappa shape index (κ1) is 14.5. The number of carbonyl (C=O) groups excluding carboxylic acids is 1. The molecule has 1 aromatic heterocycles. The Labute approximate surface area is 130 Å². The number of nitrogens with one attached hydrogen (secondary N) is 1. The highest BCUT2D eigenvalue weighted by atomic mass is 16.1. The highest BCUT2D eigenvalue weighted by molar-refractivity contribution is 5.92. The SMILES string of the molecule is Cc1cccc(NC(=O)C2CCN(c3ncccn3)CC2)c1. The lowest BCUT2D eigenvalue weighted by atomic mass is 9.96. The van der Waals surface area contributed by atoms with Gasteiger partial charge in [-0.25, -0.2) is 9.97 Å². The van der Waals surface area contributed by atoms with Crippen LogP contribution in [-0.4, -0.2) is 29.0 Å². The van der Waals surface area contributed by atoms with Gasteiger partial charge in [0.25, 0.3) is 0 Å². The van der Waals surface area contributed by atoms with Gasteiger partial charge in [0.15, 0.2) is 0 Å². The molecule has 0 spiro atoms. The van der Waals surface area contributed by atoms with Crippen LogP contribution in [-0.2, 0) is 4.79 Å². The monoisotopic (exact) mass is 296 g/mol. The second kappa shape index (κ2) is 6.56. The van der Waals surface area contributed by atoms with Crippen molar-refractivity contribution in [1.29, 1.82) is 0 Å². The van der Waals surface area contributed by atoms with Gasteiger partial charge in [0, 0.05) is 37.1 Å². The maximum absolute atomic E-state index is 12.4. The summed E-state index contributed by atoms with van der Waals surface area (Å²) in [5.74, 6) is 0.916. The van der Waals surface area contributed by atoms with E-state index in [-0.39, 0.29) is 11.8 Å². The fraction of sp³-hybridized carbons (Fsp3) is 0.353. The molecule has 1 fully saturated rings. The molecule has 1 aliphatic heterocycles. The molecule has 22 heavy (non-hydrogen) atoms. The molecule has 1 amide bonds. The van der Waals surface area contributed by atoms with E-state index in [9.17, 15) is 4.79 Å². The number of hydrogen-bond acceptors (Lipinski definition) is 4. The Morgan fingerprint density at radius 1 is 1.18 bits per heavy atom. The van der Waals surface area contributed by atoms with Crippen molar-refractivity contribution >= 4 is 17.5 Å². The minimum atomic E-state index is 0.0560. The first-order chi connectivity index (χ1) is 10.7. The lowest BCUT2D eigenvalue weighted by Gasteiger charge is -2.31. The Morgan fingerprint density at radius 2 is 1.91 bits per heavy atom. The zero-order chi connectivity index (χ0) is 15.4. The minimum Gasteiger partial charge on any atom is -0.341 e. The molecule has 0 radical (unpaired) electrons. The number of aromatic nitrogens is 2. The molecule has 114 valence electrons. The third-order valence-corrected chi connectivity index (χ3v) is 3.99. The van der Waals surface area contributed by atoms with Gasteiger partial charge >= 0.3 is 0 Å². The second-order valence-corrected chi connectivity index (χ2v) is 5.67. The van der Waals surface area contributed by atoms with E-state index in [2.05, 4.69) is 20.2 Å². The third kappa shape index (κ3) is 3.42. The summed E-state index contributed by atoms with van der Waals surface area (Å²) in [7, 11) is 0. The summed E-state index contributed by atoms with van der Waals surface area (Å²) in [6, 6.07) is 9.71. The zero-order valence-electron chi connectivity index (χ0n) is 12.7. The van der Waals surface area contributed by atoms with Crippen LogP contribution in [0.15, 0.2) is 42.7 Å². The molecule has 5 nitrogen and oxygen atoms in total. The normalized spacial score (nSPS) is 15.6. The lowest BCUT2D eigenvalue weighted by Crippen LogP contribution is -2.39. The molecular weight excluding hydrogens is 276 g/mol. The van der Waals surface area contributed by atoms with E-state index >= 15 is 0 Å². The van der Waals surface area contributed by atoms with E-state index in [1.54, 1.807) is 12.4 Å². The number of carbonyl (C=O) groups is 1. The van der Waals surface area contributed by atoms with Gasteiger partial charge in [-0.15, -0.1) is 0 Å². The number of anilines is 2. The summed E-state index contributed by atoms with van der Waals surface area (Å²) in [6.45, 7) is 3.65. The fourth-order valence-electron chi connectivity index (χ4n) is 2.76. The highest BCUT2D eigenvalue weighted by Crippen LogP contribution is 2.22. The molecule has 1 aromatic carbocycles. The summed E-state index contributed by atoms with van der Waals surface area (Å²) < 4.78 is 0. The van der Waals surface area contributed by atoms with Gasteiger partial charge in [-0.05, 0) is 43.5 Å². The van der Waals surface area contributed by atoms with E-state index in [4.69, 9.17) is 0 Å². The molecule has 1 saturated heterocycles. The zero-order valence-corrected chi connectivity index (χ0v) is 12.7. The Kier molecular flexibility index (Phi) is 4.32. The van der Waals surface area contributed by atoms with Gasteiger partial charge in [-0.2, -0.15) is 0 Å². The summed E-state index contributed by atoms with van der Waals surface area (Å²) in [5, 5.41) is 3.02. The molecule has 1 aliphatic rings. The van der Waals surface area contributed by atoms with E-state index < -0.39 is 0 Å². The predicted molar refractivity (Wildman–Crippen MR) is 86.8 cm³/mol. The average Bonchev–Trinajstić information content (AvgIpc) is 2.56. The van der Waals surface area contributed by atoms with E-state index in [0.29, 0.717) is 0 Å². The lowest BCUT2D eigenvalue weighted by molar-refractivity contribution is -0.120. The molecule has 0 unspecified atom stereocenters. The number of aryl methyl sites for hydroxylation is 1. The van der Waals surface area contributed by atoms with Gasteiger partial charge in [0.2, 0.25) is 11.9 Å². The van der Waals surface area contributed by atoms with Crippen molar-refractivity contribution in [3.8, 4) is 0 Å². The van der Waals surface area contributed by atoms with Gasteiger partial charge in [-0.3, -0.25) is 4.79 Å². The number of piperidine rings is 1. The molecule has 0 atom stereocenters. The quantitative estimate of drug-likeness (QED) is 0.946. The first-order valence-electron chi connectivity index (χ1n) is 7.62. The van der Waals surface area contributed by atoms with Crippen LogP contribution in [0.25, 0.3) is 0 Å². The third-order valence-electron chi connectivity index (χ3n) is 3.99. The summed E-state index contributed by atoms with van der Waals surface area (Å²) in [5.41, 5.74) is 2.02. The van der Waals surface area contributed by atoms with Crippen LogP contribution in [0.5, 0.6) is 0 Å². The van der Waals surface area contributed by atoms with Crippen molar-refractivity contribution in [2.24, 2.45) is 5.92 Å². The van der Waals surface area contributed by atoms with Gasteiger partial charge in [-0.1, -0.05) is 12.1 Å². The van der Waals surface area contributed by atoms with Crippen LogP contribution >= 0.6 is 0 Å². The van der Waals surface area contributed by atoms with Crippen molar-refractivity contribution in [2.45, 2.75) is 19.8 Å². The smallest absolute Gasteiger partial charge is 0.227 e. The average molecular weight is 296 g/mol. The van der Waals surface area contributed by atoms with Crippen LogP contribution in [0.4, 0.5) is 11.6 Å². The van der Waals surface area contributed by atoms with Gasteiger partial charge in [0.1, 0.15) is 0 Å². The molecule has 2 heterocycles. The molecule has 0 bridgehead atoms. The summed E-state index contributed by atoms with van der Waals surface area (Å²) in [4.78, 5) is 23.0. The number of benzene rings is 1. The van der Waals surface area contributed by atoms with Crippen LogP contribution in [0, 0.1) is 12.8 Å². The van der Waals surface area contributed by atoms with Crippen molar-refractivity contribution < 1.29 is 4.79 Å². The molecule has 1 N–H and O–H groups in total. The number of hydrogen-bond donors (Lipinski definition) is 1. The van der Waals surface area contributed by atoms with E-state index in [1.165, 1.54) is 0 Å². The van der Waals surface area contributed by atoms with Crippen molar-refractivity contribution in [3.63, 3.8) is 0 Å². The van der Waals surface area contributed by atoms with Crippen LogP contribution in [0.3, 0.4) is 0 Å². The fourth-order valence-corrected chi connectivity index (χ4v) is 2.76. The van der Waals surface area contributed by atoms with Crippen molar-refractivity contribution in [3.05, 3.63) is 48.3 Å². The van der Waals surface area contributed by atoms with Crippen LogP contribution in [0.1, 0.15) is 18.4 Å². The Hall–Kier alpha value is -2.43. The maximum Gasteiger partial charge on any atom is 0.227 e. The molecule has 2 aromatic rings. The van der Waals surface area contributed by atoms with Crippen molar-refractivity contribution in [1.82, 2.24) is 9.97 Å². The van der Waals surface area contributed by atoms with Crippen LogP contribution in [0.2, 0.25) is 0 Å².